The van der Waals surface area contributed by atoms with Crippen LogP contribution >= 0.6 is 0 Å². The zero-order valence-corrected chi connectivity index (χ0v) is 12.2. The first-order valence-corrected chi connectivity index (χ1v) is 8.26. The molecule has 1 aliphatic rings. The van der Waals surface area contributed by atoms with Crippen LogP contribution in [-0.2, 0) is 9.84 Å². The van der Waals surface area contributed by atoms with Gasteiger partial charge in [-0.25, -0.2) is 8.42 Å². The van der Waals surface area contributed by atoms with Gasteiger partial charge < -0.3 is 0 Å². The molecule has 1 N–H and O–H groups in total. The van der Waals surface area contributed by atoms with Gasteiger partial charge in [-0.2, -0.15) is 5.26 Å². The van der Waals surface area contributed by atoms with E-state index in [0.717, 1.165) is 13.0 Å². The van der Waals surface area contributed by atoms with E-state index < -0.39 is 9.84 Å². The Morgan fingerprint density at radius 2 is 2.17 bits per heavy atom. The van der Waals surface area contributed by atoms with Crippen molar-refractivity contribution in [3.63, 3.8) is 0 Å². The summed E-state index contributed by atoms with van der Waals surface area (Å²) in [6, 6.07) is 2.43. The molecule has 0 aromatic heterocycles. The van der Waals surface area contributed by atoms with Gasteiger partial charge in [0.1, 0.15) is 0 Å². The van der Waals surface area contributed by atoms with Crippen LogP contribution in [0, 0.1) is 11.3 Å². The molecule has 18 heavy (non-hydrogen) atoms. The fourth-order valence-electron chi connectivity index (χ4n) is 2.25. The van der Waals surface area contributed by atoms with Crippen molar-refractivity contribution < 1.29 is 8.42 Å². The fourth-order valence-corrected chi connectivity index (χ4v) is 3.87. The van der Waals surface area contributed by atoms with E-state index in [1.54, 1.807) is 0 Å². The minimum atomic E-state index is -2.85. The minimum Gasteiger partial charge on any atom is -0.300 e. The summed E-state index contributed by atoms with van der Waals surface area (Å²) < 4.78 is 22.9. The lowest BCUT2D eigenvalue weighted by Crippen LogP contribution is -2.48. The van der Waals surface area contributed by atoms with Crippen molar-refractivity contribution in [1.29, 1.82) is 5.26 Å². The first-order chi connectivity index (χ1) is 8.34. The Labute approximate surface area is 110 Å². The molecular weight excluding hydrogens is 250 g/mol. The van der Waals surface area contributed by atoms with Crippen LogP contribution in [0.3, 0.4) is 0 Å². The van der Waals surface area contributed by atoms with Crippen molar-refractivity contribution in [3.8, 4) is 6.07 Å². The molecule has 0 aromatic carbocycles. The SMILES string of the molecule is CC(C)NC(C#N)CCN1CCS(=O)(=O)CC1C. The maximum Gasteiger partial charge on any atom is 0.153 e. The summed E-state index contributed by atoms with van der Waals surface area (Å²) in [5.41, 5.74) is 0. The average molecular weight is 273 g/mol. The molecule has 1 rings (SSSR count). The second kappa shape index (κ2) is 6.50. The van der Waals surface area contributed by atoms with Gasteiger partial charge in [0.15, 0.2) is 9.84 Å². The molecule has 1 saturated heterocycles. The Morgan fingerprint density at radius 3 is 2.67 bits per heavy atom. The van der Waals surface area contributed by atoms with E-state index >= 15 is 0 Å². The lowest BCUT2D eigenvalue weighted by molar-refractivity contribution is 0.218. The number of sulfone groups is 1. The van der Waals surface area contributed by atoms with Crippen LogP contribution in [0.4, 0.5) is 0 Å². The molecule has 5 nitrogen and oxygen atoms in total. The summed E-state index contributed by atoms with van der Waals surface area (Å²) in [7, 11) is -2.85. The van der Waals surface area contributed by atoms with Crippen molar-refractivity contribution in [3.05, 3.63) is 0 Å². The molecular formula is C12H23N3O2S. The van der Waals surface area contributed by atoms with Gasteiger partial charge in [0.05, 0.1) is 23.6 Å². The second-order valence-electron chi connectivity index (χ2n) is 5.29. The third kappa shape index (κ3) is 4.92. The van der Waals surface area contributed by atoms with Gasteiger partial charge in [-0.05, 0) is 27.2 Å². The predicted molar refractivity (Wildman–Crippen MR) is 72.0 cm³/mol. The first-order valence-electron chi connectivity index (χ1n) is 6.44. The van der Waals surface area contributed by atoms with Crippen molar-refractivity contribution >= 4 is 9.84 Å². The molecule has 0 amide bonds. The van der Waals surface area contributed by atoms with Gasteiger partial charge >= 0.3 is 0 Å². The van der Waals surface area contributed by atoms with Crippen LogP contribution in [0.25, 0.3) is 0 Å². The summed E-state index contributed by atoms with van der Waals surface area (Å²) in [5, 5.41) is 12.2. The highest BCUT2D eigenvalue weighted by atomic mass is 32.2. The molecule has 6 heteroatoms. The predicted octanol–water partition coefficient (Wildman–Crippen LogP) is 0.386. The topological polar surface area (TPSA) is 73.2 Å². The highest BCUT2D eigenvalue weighted by molar-refractivity contribution is 7.91. The Hall–Kier alpha value is -0.640. The van der Waals surface area contributed by atoms with Gasteiger partial charge in [-0.1, -0.05) is 0 Å². The van der Waals surface area contributed by atoms with Crippen LogP contribution in [0.2, 0.25) is 0 Å². The average Bonchev–Trinajstić information content (AvgIpc) is 2.24. The summed E-state index contributed by atoms with van der Waals surface area (Å²) >= 11 is 0. The van der Waals surface area contributed by atoms with Gasteiger partial charge in [0.25, 0.3) is 0 Å². The molecule has 1 fully saturated rings. The molecule has 1 heterocycles. The van der Waals surface area contributed by atoms with Gasteiger partial charge in [-0.3, -0.25) is 10.2 Å². The third-order valence-corrected chi connectivity index (χ3v) is 5.00. The van der Waals surface area contributed by atoms with Crippen LogP contribution in [0.5, 0.6) is 0 Å². The summed E-state index contributed by atoms with van der Waals surface area (Å²) in [6.07, 6.45) is 0.735. The zero-order chi connectivity index (χ0) is 13.8. The Morgan fingerprint density at radius 1 is 1.50 bits per heavy atom. The number of hydrogen-bond donors (Lipinski definition) is 1. The molecule has 0 bridgehead atoms. The van der Waals surface area contributed by atoms with Crippen molar-refractivity contribution in [2.24, 2.45) is 0 Å². The van der Waals surface area contributed by atoms with Gasteiger partial charge in [0, 0.05) is 25.2 Å². The van der Waals surface area contributed by atoms with E-state index in [4.69, 9.17) is 5.26 Å². The van der Waals surface area contributed by atoms with Gasteiger partial charge in [0.2, 0.25) is 0 Å². The summed E-state index contributed by atoms with van der Waals surface area (Å²) in [6.45, 7) is 7.33. The standard InChI is InChI=1S/C12H23N3O2S/c1-10(2)14-12(8-13)4-5-15-6-7-18(16,17)9-11(15)3/h10-12,14H,4-7,9H2,1-3H3. The van der Waals surface area contributed by atoms with Crippen LogP contribution < -0.4 is 5.32 Å². The number of rotatable bonds is 5. The number of hydrogen-bond acceptors (Lipinski definition) is 5. The number of nitrogens with one attached hydrogen (secondary N) is 1. The Balaban J connectivity index is 2.42. The molecule has 0 spiro atoms. The van der Waals surface area contributed by atoms with Crippen molar-refractivity contribution in [1.82, 2.24) is 10.2 Å². The number of nitriles is 1. The van der Waals surface area contributed by atoms with E-state index in [-0.39, 0.29) is 29.6 Å². The van der Waals surface area contributed by atoms with Crippen LogP contribution in [0.1, 0.15) is 27.2 Å². The molecule has 0 aliphatic carbocycles. The molecule has 2 atom stereocenters. The van der Waals surface area contributed by atoms with E-state index in [9.17, 15) is 8.42 Å². The maximum absolute atomic E-state index is 11.5. The monoisotopic (exact) mass is 273 g/mol. The molecule has 0 radical (unpaired) electrons. The molecule has 2 unspecified atom stereocenters. The van der Waals surface area contributed by atoms with Crippen LogP contribution in [-0.4, -0.2) is 56.0 Å². The first kappa shape index (κ1) is 15.4. The van der Waals surface area contributed by atoms with E-state index in [1.165, 1.54) is 0 Å². The molecule has 104 valence electrons. The normalized spacial score (nSPS) is 25.8. The second-order valence-corrected chi connectivity index (χ2v) is 7.52. The largest absolute Gasteiger partial charge is 0.300 e. The molecule has 1 aliphatic heterocycles. The van der Waals surface area contributed by atoms with E-state index in [2.05, 4.69) is 16.3 Å². The number of nitrogens with zero attached hydrogens (tertiary/aromatic N) is 2. The zero-order valence-electron chi connectivity index (χ0n) is 11.4. The van der Waals surface area contributed by atoms with Crippen molar-refractivity contribution in [2.45, 2.75) is 45.3 Å². The Bertz CT molecular complexity index is 400. The molecule has 0 aromatic rings. The van der Waals surface area contributed by atoms with Gasteiger partial charge in [-0.15, -0.1) is 0 Å². The molecule has 0 saturated carbocycles. The highest BCUT2D eigenvalue weighted by Gasteiger charge is 2.28. The van der Waals surface area contributed by atoms with E-state index in [1.807, 2.05) is 20.8 Å². The maximum atomic E-state index is 11.5. The fraction of sp³-hybridized carbons (Fsp3) is 0.917. The van der Waals surface area contributed by atoms with Crippen molar-refractivity contribution in [2.75, 3.05) is 24.6 Å². The lowest BCUT2D eigenvalue weighted by Gasteiger charge is -2.33. The van der Waals surface area contributed by atoms with Crippen LogP contribution in [0.15, 0.2) is 0 Å². The minimum absolute atomic E-state index is 0.0575. The summed E-state index contributed by atoms with van der Waals surface area (Å²) in [5.74, 6) is 0.480. The third-order valence-electron chi connectivity index (χ3n) is 3.20. The Kier molecular flexibility index (Phi) is 5.57. The lowest BCUT2D eigenvalue weighted by atomic mass is 10.1. The highest BCUT2D eigenvalue weighted by Crippen LogP contribution is 2.12. The quantitative estimate of drug-likeness (QED) is 0.784. The smallest absolute Gasteiger partial charge is 0.153 e. The van der Waals surface area contributed by atoms with E-state index in [0.29, 0.717) is 6.54 Å². The summed E-state index contributed by atoms with van der Waals surface area (Å²) in [4.78, 5) is 2.16.